The van der Waals surface area contributed by atoms with Crippen LogP contribution in [0.2, 0.25) is 0 Å². The van der Waals surface area contributed by atoms with Crippen LogP contribution in [0, 0.1) is 13.8 Å². The maximum atomic E-state index is 13.0. The number of thiazole rings is 1. The zero-order valence-corrected chi connectivity index (χ0v) is 20.9. The van der Waals surface area contributed by atoms with Crippen LogP contribution in [0.15, 0.2) is 58.9 Å². The number of aryl methyl sites for hydroxylation is 2. The molecule has 1 aliphatic carbocycles. The predicted octanol–water partition coefficient (Wildman–Crippen LogP) is 4.81. The number of rotatable bonds is 6. The van der Waals surface area contributed by atoms with Crippen molar-refractivity contribution in [3.8, 4) is 0 Å². The topological polar surface area (TPSA) is 71.7 Å². The number of carbonyl (C=O) groups excluding carboxylic acids is 1. The molecule has 0 atom stereocenters. The van der Waals surface area contributed by atoms with Gasteiger partial charge in [0.2, 0.25) is 10.0 Å². The molecular weight excluding hydrogens is 454 g/mol. The van der Waals surface area contributed by atoms with Crippen molar-refractivity contribution in [3.05, 3.63) is 70.5 Å². The van der Waals surface area contributed by atoms with Gasteiger partial charge in [-0.1, -0.05) is 30.3 Å². The summed E-state index contributed by atoms with van der Waals surface area (Å²) < 4.78 is 30.4. The summed E-state index contributed by atoms with van der Waals surface area (Å²) in [4.78, 5) is 18.1. The molecule has 1 fully saturated rings. The van der Waals surface area contributed by atoms with Crippen LogP contribution < -0.4 is 4.80 Å². The number of sulfonamides is 1. The van der Waals surface area contributed by atoms with E-state index < -0.39 is 15.9 Å². The Labute approximate surface area is 199 Å². The van der Waals surface area contributed by atoms with Crippen LogP contribution in [-0.2, 0) is 16.6 Å². The van der Waals surface area contributed by atoms with Gasteiger partial charge in [-0.25, -0.2) is 8.42 Å². The number of nitrogens with zero attached hydrogens (tertiary/aromatic N) is 3. The van der Waals surface area contributed by atoms with Crippen LogP contribution in [0.4, 0.5) is 0 Å². The fourth-order valence-corrected chi connectivity index (χ4v) is 6.80. The summed E-state index contributed by atoms with van der Waals surface area (Å²) in [6.07, 6.45) is 5.68. The van der Waals surface area contributed by atoms with Crippen molar-refractivity contribution < 1.29 is 13.2 Å². The summed E-state index contributed by atoms with van der Waals surface area (Å²) in [5.41, 5.74) is 3.74. The first-order valence-corrected chi connectivity index (χ1v) is 13.4. The van der Waals surface area contributed by atoms with Crippen molar-refractivity contribution >= 4 is 37.5 Å². The van der Waals surface area contributed by atoms with Crippen LogP contribution in [0.3, 0.4) is 0 Å². The lowest BCUT2D eigenvalue weighted by Gasteiger charge is -2.23. The van der Waals surface area contributed by atoms with Crippen LogP contribution >= 0.6 is 11.3 Å². The summed E-state index contributed by atoms with van der Waals surface area (Å²) in [5.74, 6) is -0.402. The number of benzene rings is 2. The van der Waals surface area contributed by atoms with E-state index in [-0.39, 0.29) is 10.9 Å². The maximum Gasteiger partial charge on any atom is 0.279 e. The quantitative estimate of drug-likeness (QED) is 0.473. The Kier molecular flexibility index (Phi) is 6.70. The number of allylic oxidation sites excluding steroid dienone is 1. The van der Waals surface area contributed by atoms with Gasteiger partial charge in [0.05, 0.1) is 15.1 Å². The third kappa shape index (κ3) is 4.60. The molecule has 1 heterocycles. The SMILES string of the molecule is C=CCn1c(=NC(=O)c2ccc(S(=O)(=O)N(C)C3CCCC3)cc2)sc2cc(C)c(C)cc21. The molecule has 1 aromatic heterocycles. The second-order valence-corrected chi connectivity index (χ2v) is 11.6. The van der Waals surface area contributed by atoms with Crippen molar-refractivity contribution in [3.63, 3.8) is 0 Å². The second kappa shape index (κ2) is 9.37. The third-order valence-corrected chi connectivity index (χ3v) is 9.39. The van der Waals surface area contributed by atoms with E-state index in [1.165, 1.54) is 38.9 Å². The molecule has 0 unspecified atom stereocenters. The van der Waals surface area contributed by atoms with Gasteiger partial charge in [-0.3, -0.25) is 4.79 Å². The summed E-state index contributed by atoms with van der Waals surface area (Å²) in [7, 11) is -1.94. The molecule has 2 aromatic carbocycles. The standard InChI is InChI=1S/C25H29N3O3S2/c1-5-14-28-22-15-17(2)18(3)16-23(22)32-25(28)26-24(29)19-10-12-21(13-11-19)33(30,31)27(4)20-8-6-7-9-20/h5,10-13,15-16,20H,1,6-9,14H2,2-4H3. The lowest BCUT2D eigenvalue weighted by molar-refractivity contribution is 0.0997. The van der Waals surface area contributed by atoms with E-state index in [9.17, 15) is 13.2 Å². The Morgan fingerprint density at radius 3 is 2.45 bits per heavy atom. The molecule has 33 heavy (non-hydrogen) atoms. The van der Waals surface area contributed by atoms with Gasteiger partial charge in [0.15, 0.2) is 4.80 Å². The minimum atomic E-state index is -3.59. The Bertz CT molecular complexity index is 1380. The minimum Gasteiger partial charge on any atom is -0.312 e. The zero-order valence-electron chi connectivity index (χ0n) is 19.2. The molecule has 0 spiro atoms. The first kappa shape index (κ1) is 23.6. The molecule has 3 aromatic rings. The Hall–Kier alpha value is -2.55. The van der Waals surface area contributed by atoms with E-state index in [2.05, 4.69) is 37.6 Å². The van der Waals surface area contributed by atoms with E-state index in [1.807, 2.05) is 4.57 Å². The lowest BCUT2D eigenvalue weighted by Crippen LogP contribution is -2.35. The van der Waals surface area contributed by atoms with Crippen molar-refractivity contribution in [2.24, 2.45) is 4.99 Å². The molecule has 1 saturated carbocycles. The Morgan fingerprint density at radius 1 is 1.18 bits per heavy atom. The highest BCUT2D eigenvalue weighted by atomic mass is 32.2. The highest BCUT2D eigenvalue weighted by Gasteiger charge is 2.30. The highest BCUT2D eigenvalue weighted by molar-refractivity contribution is 7.89. The van der Waals surface area contributed by atoms with Crippen LogP contribution in [0.25, 0.3) is 10.2 Å². The first-order valence-electron chi connectivity index (χ1n) is 11.1. The molecule has 174 valence electrons. The summed E-state index contributed by atoms with van der Waals surface area (Å²) in [6.45, 7) is 8.50. The van der Waals surface area contributed by atoms with E-state index in [1.54, 1.807) is 25.3 Å². The van der Waals surface area contributed by atoms with Crippen molar-refractivity contribution in [2.75, 3.05) is 7.05 Å². The van der Waals surface area contributed by atoms with Crippen molar-refractivity contribution in [1.29, 1.82) is 0 Å². The molecule has 0 N–H and O–H groups in total. The molecule has 0 aliphatic heterocycles. The van der Waals surface area contributed by atoms with Gasteiger partial charge >= 0.3 is 0 Å². The minimum absolute atomic E-state index is 0.0480. The number of hydrogen-bond acceptors (Lipinski definition) is 4. The molecule has 1 amide bonds. The van der Waals surface area contributed by atoms with Gasteiger partial charge in [0, 0.05) is 25.2 Å². The molecule has 4 rings (SSSR count). The monoisotopic (exact) mass is 483 g/mol. The van der Waals surface area contributed by atoms with E-state index in [0.29, 0.717) is 16.9 Å². The van der Waals surface area contributed by atoms with E-state index >= 15 is 0 Å². The summed E-state index contributed by atoms with van der Waals surface area (Å²) in [6, 6.07) is 10.3. The molecule has 0 saturated heterocycles. The normalized spacial score (nSPS) is 15.6. The zero-order chi connectivity index (χ0) is 23.8. The maximum absolute atomic E-state index is 13.0. The Morgan fingerprint density at radius 2 is 1.82 bits per heavy atom. The molecule has 0 radical (unpaired) electrons. The van der Waals surface area contributed by atoms with Crippen molar-refractivity contribution in [1.82, 2.24) is 8.87 Å². The fraction of sp³-hybridized carbons (Fsp3) is 0.360. The van der Waals surface area contributed by atoms with Gasteiger partial charge in [0.1, 0.15) is 0 Å². The van der Waals surface area contributed by atoms with Gasteiger partial charge < -0.3 is 4.57 Å². The molecule has 6 nitrogen and oxygen atoms in total. The number of carbonyl (C=O) groups is 1. The van der Waals surface area contributed by atoms with Crippen LogP contribution in [-0.4, -0.2) is 36.3 Å². The largest absolute Gasteiger partial charge is 0.312 e. The smallest absolute Gasteiger partial charge is 0.279 e. The average molecular weight is 484 g/mol. The van der Waals surface area contributed by atoms with E-state index in [4.69, 9.17) is 0 Å². The third-order valence-electron chi connectivity index (χ3n) is 6.42. The van der Waals surface area contributed by atoms with E-state index in [0.717, 1.165) is 35.9 Å². The van der Waals surface area contributed by atoms with Crippen molar-refractivity contribution in [2.45, 2.75) is 57.0 Å². The van der Waals surface area contributed by atoms with Gasteiger partial charge in [-0.2, -0.15) is 9.30 Å². The summed E-state index contributed by atoms with van der Waals surface area (Å²) >= 11 is 1.46. The Balaban J connectivity index is 1.66. The second-order valence-electron chi connectivity index (χ2n) is 8.59. The first-order chi connectivity index (χ1) is 15.7. The summed E-state index contributed by atoms with van der Waals surface area (Å²) in [5, 5.41) is 0. The van der Waals surface area contributed by atoms with Gasteiger partial charge in [0.25, 0.3) is 5.91 Å². The van der Waals surface area contributed by atoms with Gasteiger partial charge in [-0.15, -0.1) is 6.58 Å². The molecule has 1 aliphatic rings. The number of amides is 1. The molecular formula is C25H29N3O3S2. The number of hydrogen-bond donors (Lipinski definition) is 0. The van der Waals surface area contributed by atoms with Crippen LogP contribution in [0.1, 0.15) is 47.2 Å². The lowest BCUT2D eigenvalue weighted by atomic mass is 10.1. The predicted molar refractivity (Wildman–Crippen MR) is 133 cm³/mol. The molecule has 0 bridgehead atoms. The van der Waals surface area contributed by atoms with Crippen LogP contribution in [0.5, 0.6) is 0 Å². The fourth-order valence-electron chi connectivity index (χ4n) is 4.26. The number of fused-ring (bicyclic) bond motifs is 1. The molecule has 8 heteroatoms. The number of aromatic nitrogens is 1. The van der Waals surface area contributed by atoms with Gasteiger partial charge in [-0.05, 0) is 74.2 Å². The highest BCUT2D eigenvalue weighted by Crippen LogP contribution is 2.27. The average Bonchev–Trinajstić information content (AvgIpc) is 3.43.